The summed E-state index contributed by atoms with van der Waals surface area (Å²) in [7, 11) is 0. The van der Waals surface area contributed by atoms with Crippen molar-refractivity contribution in [2.45, 2.75) is 56.8 Å². The van der Waals surface area contributed by atoms with Gasteiger partial charge in [0, 0.05) is 51.2 Å². The Balaban J connectivity index is 0.000000128. The minimum Gasteiger partial charge on any atom is -0.456 e. The van der Waals surface area contributed by atoms with Crippen LogP contribution in [0.2, 0.25) is 5.02 Å². The van der Waals surface area contributed by atoms with Crippen molar-refractivity contribution in [2.24, 2.45) is 0 Å². The molecule has 4 aliphatic rings. The summed E-state index contributed by atoms with van der Waals surface area (Å²) in [5.74, 6) is 0. The van der Waals surface area contributed by atoms with E-state index in [4.69, 9.17) is 20.4 Å². The lowest BCUT2D eigenvalue weighted by Gasteiger charge is -2.33. The maximum atomic E-state index is 7.00. The van der Waals surface area contributed by atoms with E-state index in [2.05, 4.69) is 438 Å². The number of fused-ring (bicyclic) bond motifs is 18. The van der Waals surface area contributed by atoms with Crippen LogP contribution in [-0.2, 0) is 21.7 Å². The van der Waals surface area contributed by atoms with Crippen LogP contribution in [-0.4, -0.2) is 0 Å². The van der Waals surface area contributed by atoms with Crippen molar-refractivity contribution >= 4 is 83.9 Å². The molecule has 0 amide bonds. The molecule has 122 heavy (non-hydrogen) atoms. The van der Waals surface area contributed by atoms with Gasteiger partial charge in [-0.3, -0.25) is 0 Å². The number of furan rings is 2. The lowest BCUT2D eigenvalue weighted by molar-refractivity contribution is 0.660. The molecule has 24 rings (SSSR count). The Morgan fingerprint density at radius 2 is 0.598 bits per heavy atom. The van der Waals surface area contributed by atoms with Gasteiger partial charge in [-0.15, -0.1) is 0 Å². The lowest BCUT2D eigenvalue weighted by Crippen LogP contribution is -2.28. The number of rotatable bonds is 11. The molecule has 2 aromatic heterocycles. The van der Waals surface area contributed by atoms with Crippen LogP contribution in [0.5, 0.6) is 0 Å². The highest BCUT2D eigenvalue weighted by molar-refractivity contribution is 6.37. The number of anilines is 5. The van der Waals surface area contributed by atoms with Crippen molar-refractivity contribution in [1.82, 2.24) is 0 Å². The van der Waals surface area contributed by atoms with Gasteiger partial charge in [-0.1, -0.05) is 374 Å². The molecule has 5 heteroatoms. The second-order valence-electron chi connectivity index (χ2n) is 33.5. The van der Waals surface area contributed by atoms with E-state index in [9.17, 15) is 0 Å². The number of benzene rings is 18. The van der Waals surface area contributed by atoms with E-state index in [0.29, 0.717) is 0 Å². The third kappa shape index (κ3) is 11.9. The fourth-order valence-corrected chi connectivity index (χ4v) is 20.9. The summed E-state index contributed by atoms with van der Waals surface area (Å²) in [5.41, 5.74) is 38.6. The normalized spacial score (nSPS) is 13.8. The highest BCUT2D eigenvalue weighted by Crippen LogP contribution is 2.61. The first-order valence-corrected chi connectivity index (χ1v) is 42.2. The number of hydrogen-bond acceptors (Lipinski definition) is 4. The molecular formula is C117H89ClN2O2. The minimum atomic E-state index is -0.508. The maximum absolute atomic E-state index is 7.00. The molecule has 0 fully saturated rings. The third-order valence-electron chi connectivity index (χ3n) is 26.2. The van der Waals surface area contributed by atoms with Crippen LogP contribution in [0, 0.1) is 0 Å². The average molecular weight is 1590 g/mol. The van der Waals surface area contributed by atoms with Crippen LogP contribution >= 0.6 is 11.6 Å². The molecule has 0 saturated heterocycles. The van der Waals surface area contributed by atoms with E-state index >= 15 is 0 Å². The van der Waals surface area contributed by atoms with Crippen LogP contribution in [0.25, 0.3) is 111 Å². The van der Waals surface area contributed by atoms with E-state index < -0.39 is 10.8 Å². The first kappa shape index (κ1) is 75.0. The zero-order chi connectivity index (χ0) is 81.1. The molecule has 0 bridgehead atoms. The van der Waals surface area contributed by atoms with Crippen molar-refractivity contribution < 1.29 is 10.3 Å². The summed E-state index contributed by atoms with van der Waals surface area (Å²) in [5, 5.41) is 8.53. The standard InChI is InChI=1S/C58H41NO.C31H19ClO.C27H23N.CH4.H2/c1-57(2)49-25-14-12-23-44(49)46-34-33-43(35-51(46)57)59(42-31-29-39(30-32-42)38-17-6-3-7-18-38)53-27-16-28-54-56(53)48-36-47-45-24-13-15-26-50(45)58(40-19-8-4-9-20-40,41-21-10-5-11-22-41)52(47)37-55(48)60-54;32-27-16-9-17-28-30(27)24-18-23-22-14-7-8-15-25(22)31(20-10-3-1-4-11-20,21-12-5-2-6-13-21)26(23)19-29(24)33-28;1-27(2)25-11-7-6-10-23(25)24-17-16-22(18-26(24)27)28-21-14-12-20(13-15-21)19-8-4-3-5-9-19;;/h3-37H,1-2H3;1-19H;3-18,28H,1-2H3;1H4;1H/i;;;;1+1. The zero-order valence-electron chi connectivity index (χ0n) is 67.6. The second-order valence-corrected chi connectivity index (χ2v) is 33.9. The fraction of sp³-hybridized carbons (Fsp3) is 0.0769. The van der Waals surface area contributed by atoms with E-state index in [1.54, 1.807) is 0 Å². The van der Waals surface area contributed by atoms with Crippen LogP contribution < -0.4 is 10.2 Å². The smallest absolute Gasteiger partial charge is 0.137 e. The summed E-state index contributed by atoms with van der Waals surface area (Å²) in [4.78, 5) is 2.44. The van der Waals surface area contributed by atoms with E-state index in [1.165, 1.54) is 134 Å². The number of nitrogens with zero attached hydrogens (tertiary/aromatic N) is 1. The lowest BCUT2D eigenvalue weighted by atomic mass is 9.67. The van der Waals surface area contributed by atoms with Gasteiger partial charge in [0.1, 0.15) is 22.3 Å². The molecule has 4 aliphatic carbocycles. The van der Waals surface area contributed by atoms with Crippen molar-refractivity contribution in [3.05, 3.63) is 496 Å². The van der Waals surface area contributed by atoms with Crippen molar-refractivity contribution in [3.63, 3.8) is 0 Å². The molecule has 2 heterocycles. The molecule has 0 spiro atoms. The van der Waals surface area contributed by atoms with Crippen molar-refractivity contribution in [2.75, 3.05) is 10.2 Å². The molecule has 0 unspecified atom stereocenters. The SMILES string of the molecule is C.CC1(C)c2ccccc2-c2ccc(N(c3ccc(-c4ccccc4)cc3)c3cccc4oc5cc6c(cc5c34)-c3ccccc3C6(c3ccccc3)c3ccccc3)cc21.CC1(C)c2ccccc2-c2ccc(Nc3ccc(-c4ccccc4)cc3)cc21.Clc1cccc2oc3cc4c(cc3c12)-c1ccccc1C4(c1ccccc1)c1ccccc1.[2HH]. The molecule has 0 saturated carbocycles. The van der Waals surface area contributed by atoms with Gasteiger partial charge in [-0.25, -0.2) is 0 Å². The van der Waals surface area contributed by atoms with Gasteiger partial charge in [0.2, 0.25) is 0 Å². The van der Waals surface area contributed by atoms with Gasteiger partial charge in [0.15, 0.2) is 0 Å². The molecule has 18 aromatic carbocycles. The van der Waals surface area contributed by atoms with Gasteiger partial charge in [0.05, 0.1) is 26.9 Å². The molecule has 586 valence electrons. The van der Waals surface area contributed by atoms with Gasteiger partial charge in [0.25, 0.3) is 0 Å². The van der Waals surface area contributed by atoms with Gasteiger partial charge >= 0.3 is 0 Å². The monoisotopic (exact) mass is 1590 g/mol. The average Bonchev–Trinajstić information content (AvgIpc) is 1.54. The predicted molar refractivity (Wildman–Crippen MR) is 513 cm³/mol. The van der Waals surface area contributed by atoms with Crippen LogP contribution in [0.15, 0.2) is 433 Å². The van der Waals surface area contributed by atoms with Gasteiger partial charge < -0.3 is 19.1 Å². The molecule has 0 radical (unpaired) electrons. The molecule has 0 aliphatic heterocycles. The number of nitrogens with one attached hydrogen (secondary N) is 1. The fourth-order valence-electron chi connectivity index (χ4n) is 20.7. The first-order valence-electron chi connectivity index (χ1n) is 41.9. The molecule has 1 N–H and O–H groups in total. The zero-order valence-corrected chi connectivity index (χ0v) is 68.3. The highest BCUT2D eigenvalue weighted by atomic mass is 35.5. The topological polar surface area (TPSA) is 41.6 Å². The predicted octanol–water partition coefficient (Wildman–Crippen LogP) is 32.3. The summed E-state index contributed by atoms with van der Waals surface area (Å²) >= 11 is 6.62. The van der Waals surface area contributed by atoms with Crippen LogP contribution in [0.4, 0.5) is 28.4 Å². The summed E-state index contributed by atoms with van der Waals surface area (Å²) in [6.07, 6.45) is 0. The quantitative estimate of drug-likeness (QED) is 0.140. The van der Waals surface area contributed by atoms with Gasteiger partial charge in [-0.05, 0) is 231 Å². The van der Waals surface area contributed by atoms with Gasteiger partial charge in [-0.2, -0.15) is 0 Å². The van der Waals surface area contributed by atoms with Crippen molar-refractivity contribution in [1.29, 1.82) is 0 Å². The first-order chi connectivity index (χ1) is 59.4. The minimum absolute atomic E-state index is 0. The summed E-state index contributed by atoms with van der Waals surface area (Å²) in [6, 6.07) is 153. The Morgan fingerprint density at radius 3 is 1.07 bits per heavy atom. The van der Waals surface area contributed by atoms with E-state index in [1.807, 2.05) is 24.3 Å². The van der Waals surface area contributed by atoms with Crippen LogP contribution in [0.3, 0.4) is 0 Å². The molecule has 20 aromatic rings. The third-order valence-corrected chi connectivity index (χ3v) is 26.6. The molecular weight excluding hydrogens is 1500 g/mol. The highest BCUT2D eigenvalue weighted by Gasteiger charge is 2.49. The Morgan fingerprint density at radius 1 is 0.254 bits per heavy atom. The van der Waals surface area contributed by atoms with Crippen molar-refractivity contribution in [3.8, 4) is 66.8 Å². The van der Waals surface area contributed by atoms with E-state index in [0.717, 1.165) is 77.3 Å². The maximum Gasteiger partial charge on any atom is 0.137 e. The Kier molecular flexibility index (Phi) is 18.3. The Bertz CT molecular complexity index is 7330. The van der Waals surface area contributed by atoms with Crippen LogP contribution in [0.1, 0.15) is 103 Å². The molecule has 4 nitrogen and oxygen atoms in total. The Hall–Kier alpha value is -14.6. The largest absolute Gasteiger partial charge is 0.456 e. The summed E-state index contributed by atoms with van der Waals surface area (Å²) in [6.45, 7) is 9.34. The number of halogens is 1. The molecule has 0 atom stereocenters. The summed E-state index contributed by atoms with van der Waals surface area (Å²) < 4.78 is 13.3. The Labute approximate surface area is 719 Å². The number of hydrogen-bond donors (Lipinski definition) is 1. The van der Waals surface area contributed by atoms with E-state index in [-0.39, 0.29) is 19.7 Å². The second kappa shape index (κ2) is 29.8.